The molecule has 0 aromatic heterocycles. The van der Waals surface area contributed by atoms with E-state index in [0.717, 1.165) is 5.56 Å². The van der Waals surface area contributed by atoms with Crippen molar-refractivity contribution in [2.45, 2.75) is 85.9 Å². The summed E-state index contributed by atoms with van der Waals surface area (Å²) in [7, 11) is 1.67. The van der Waals surface area contributed by atoms with E-state index in [-0.39, 0.29) is 5.97 Å². The van der Waals surface area contributed by atoms with Gasteiger partial charge in [0.05, 0.1) is 5.92 Å². The molecule has 8 heteroatoms. The van der Waals surface area contributed by atoms with E-state index in [0.29, 0.717) is 31.5 Å². The van der Waals surface area contributed by atoms with Gasteiger partial charge in [0, 0.05) is 19.3 Å². The third-order valence-corrected chi connectivity index (χ3v) is 4.33. The van der Waals surface area contributed by atoms with Crippen LogP contribution in [0.25, 0.3) is 0 Å². The van der Waals surface area contributed by atoms with Crippen molar-refractivity contribution in [2.75, 3.05) is 25.5 Å². The third-order valence-electron chi connectivity index (χ3n) is 4.33. The molecule has 0 aliphatic heterocycles. The van der Waals surface area contributed by atoms with E-state index < -0.39 is 35.7 Å². The Labute approximate surface area is 205 Å². The topological polar surface area (TPSA) is 105 Å². The number of nitrogens with zero attached hydrogens (tertiary/aromatic N) is 1. The van der Waals surface area contributed by atoms with Crippen LogP contribution in [0.4, 0.5) is 10.5 Å². The van der Waals surface area contributed by atoms with Crippen molar-refractivity contribution in [2.24, 2.45) is 5.92 Å². The van der Waals surface area contributed by atoms with E-state index >= 15 is 0 Å². The summed E-state index contributed by atoms with van der Waals surface area (Å²) in [6.07, 6.45) is 1.14. The average molecular weight is 481 g/mol. The SMILES string of the molecule is CC.CN(CCCC(Cc1cccc(NC(=O)CO)c1)C(=O)OC(C)(C)C)C(=O)OC(C)(C)C. The van der Waals surface area contributed by atoms with Crippen LogP contribution in [0.15, 0.2) is 24.3 Å². The molecule has 1 unspecified atom stereocenters. The molecule has 0 radical (unpaired) electrons. The molecule has 2 N–H and O–H groups in total. The van der Waals surface area contributed by atoms with Gasteiger partial charge < -0.3 is 24.8 Å². The summed E-state index contributed by atoms with van der Waals surface area (Å²) in [6.45, 7) is 14.8. The Morgan fingerprint density at radius 1 is 1.03 bits per heavy atom. The lowest BCUT2D eigenvalue weighted by Crippen LogP contribution is -2.35. The van der Waals surface area contributed by atoms with E-state index in [1.807, 2.05) is 61.5 Å². The number of hydrogen-bond donors (Lipinski definition) is 2. The van der Waals surface area contributed by atoms with E-state index in [9.17, 15) is 14.4 Å². The Balaban J connectivity index is 0.00000529. The predicted molar refractivity (Wildman–Crippen MR) is 135 cm³/mol. The summed E-state index contributed by atoms with van der Waals surface area (Å²) in [5.41, 5.74) is 0.228. The van der Waals surface area contributed by atoms with Crippen LogP contribution in [0.1, 0.15) is 73.8 Å². The highest BCUT2D eigenvalue weighted by Gasteiger charge is 2.26. The number of amides is 2. The zero-order valence-corrected chi connectivity index (χ0v) is 22.4. The zero-order chi connectivity index (χ0) is 26.5. The summed E-state index contributed by atoms with van der Waals surface area (Å²) in [4.78, 5) is 37.9. The molecular weight excluding hydrogens is 436 g/mol. The van der Waals surface area contributed by atoms with Crippen LogP contribution >= 0.6 is 0 Å². The van der Waals surface area contributed by atoms with Gasteiger partial charge in [-0.2, -0.15) is 0 Å². The van der Waals surface area contributed by atoms with Gasteiger partial charge >= 0.3 is 12.1 Å². The number of aliphatic hydroxyl groups excluding tert-OH is 1. The Bertz CT molecular complexity index is 780. The standard InChI is InChI=1S/C24H38N2O6.C2H6/c1-23(2,3)31-21(29)18(11-9-13-26(7)22(30)32-24(4,5)6)14-17-10-8-12-19(15-17)25-20(28)16-27;1-2/h8,10,12,15,18,27H,9,11,13-14,16H2,1-7H3,(H,25,28);1-2H3. The smallest absolute Gasteiger partial charge is 0.410 e. The molecule has 194 valence electrons. The number of rotatable bonds is 9. The Hall–Kier alpha value is -2.61. The minimum atomic E-state index is -0.612. The molecule has 0 bridgehead atoms. The fourth-order valence-corrected chi connectivity index (χ4v) is 2.96. The number of carbonyl (C=O) groups is 3. The number of ether oxygens (including phenoxy) is 2. The second kappa shape index (κ2) is 14.6. The summed E-state index contributed by atoms with van der Waals surface area (Å²) >= 11 is 0. The number of esters is 1. The molecule has 0 aliphatic rings. The van der Waals surface area contributed by atoms with Crippen LogP contribution in [0.2, 0.25) is 0 Å². The summed E-state index contributed by atoms with van der Waals surface area (Å²) in [6, 6.07) is 7.15. The maximum Gasteiger partial charge on any atom is 0.410 e. The fraction of sp³-hybridized carbons (Fsp3) is 0.654. The van der Waals surface area contributed by atoms with Crippen molar-refractivity contribution >= 4 is 23.7 Å². The highest BCUT2D eigenvalue weighted by Crippen LogP contribution is 2.22. The van der Waals surface area contributed by atoms with Gasteiger partial charge in [-0.25, -0.2) is 4.79 Å². The van der Waals surface area contributed by atoms with Gasteiger partial charge in [-0.1, -0.05) is 26.0 Å². The van der Waals surface area contributed by atoms with Crippen LogP contribution in [0.5, 0.6) is 0 Å². The molecular formula is C26H44N2O6. The zero-order valence-electron chi connectivity index (χ0n) is 22.4. The van der Waals surface area contributed by atoms with Crippen LogP contribution in [0, 0.1) is 5.92 Å². The van der Waals surface area contributed by atoms with Crippen LogP contribution in [-0.2, 0) is 25.5 Å². The molecule has 0 aliphatic carbocycles. The minimum absolute atomic E-state index is 0.304. The molecule has 0 fully saturated rings. The van der Waals surface area contributed by atoms with Gasteiger partial charge in [0.15, 0.2) is 0 Å². The highest BCUT2D eigenvalue weighted by molar-refractivity contribution is 5.91. The van der Waals surface area contributed by atoms with E-state index in [1.165, 1.54) is 4.90 Å². The highest BCUT2D eigenvalue weighted by atomic mass is 16.6. The number of carbonyl (C=O) groups excluding carboxylic acids is 3. The Morgan fingerprint density at radius 3 is 2.15 bits per heavy atom. The van der Waals surface area contributed by atoms with Crippen molar-refractivity contribution in [1.29, 1.82) is 0 Å². The number of nitrogens with one attached hydrogen (secondary N) is 1. The minimum Gasteiger partial charge on any atom is -0.460 e. The lowest BCUT2D eigenvalue weighted by molar-refractivity contribution is -0.160. The van der Waals surface area contributed by atoms with Crippen LogP contribution < -0.4 is 5.32 Å². The number of hydrogen-bond acceptors (Lipinski definition) is 6. The molecule has 1 atom stereocenters. The third kappa shape index (κ3) is 13.8. The molecule has 8 nitrogen and oxygen atoms in total. The quantitative estimate of drug-likeness (QED) is 0.492. The fourth-order valence-electron chi connectivity index (χ4n) is 2.96. The van der Waals surface area contributed by atoms with Crippen molar-refractivity contribution in [3.8, 4) is 0 Å². The first-order valence-corrected chi connectivity index (χ1v) is 11.9. The van der Waals surface area contributed by atoms with Gasteiger partial charge in [-0.15, -0.1) is 0 Å². The predicted octanol–water partition coefficient (Wildman–Crippen LogP) is 4.79. The molecule has 0 heterocycles. The van der Waals surface area contributed by atoms with Crippen molar-refractivity contribution in [1.82, 2.24) is 4.90 Å². The molecule has 1 aromatic rings. The summed E-state index contributed by atoms with van der Waals surface area (Å²) in [5.74, 6) is -1.22. The maximum atomic E-state index is 12.8. The molecule has 0 saturated carbocycles. The number of aliphatic hydroxyl groups is 1. The Kier molecular flexibility index (Phi) is 13.5. The summed E-state index contributed by atoms with van der Waals surface area (Å²) in [5, 5.41) is 11.5. The first kappa shape index (κ1) is 31.4. The van der Waals surface area contributed by atoms with Crippen molar-refractivity contribution in [3.63, 3.8) is 0 Å². The summed E-state index contributed by atoms with van der Waals surface area (Å²) < 4.78 is 11.0. The second-order valence-corrected chi connectivity index (χ2v) is 9.89. The normalized spacial score (nSPS) is 12.1. The van der Waals surface area contributed by atoms with Crippen molar-refractivity contribution < 1.29 is 29.0 Å². The molecule has 1 aromatic carbocycles. The van der Waals surface area contributed by atoms with Crippen LogP contribution in [0.3, 0.4) is 0 Å². The van der Waals surface area contributed by atoms with E-state index in [2.05, 4.69) is 5.32 Å². The average Bonchev–Trinajstić information content (AvgIpc) is 2.72. The largest absolute Gasteiger partial charge is 0.460 e. The van der Waals surface area contributed by atoms with Gasteiger partial charge in [-0.05, 0) is 78.5 Å². The van der Waals surface area contributed by atoms with Crippen molar-refractivity contribution in [3.05, 3.63) is 29.8 Å². The maximum absolute atomic E-state index is 12.8. The first-order chi connectivity index (χ1) is 15.7. The molecule has 2 amide bonds. The van der Waals surface area contributed by atoms with Gasteiger partial charge in [-0.3, -0.25) is 9.59 Å². The molecule has 0 saturated heterocycles. The molecule has 1 rings (SSSR count). The van der Waals surface area contributed by atoms with E-state index in [4.69, 9.17) is 14.6 Å². The van der Waals surface area contributed by atoms with E-state index in [1.54, 1.807) is 25.2 Å². The number of benzene rings is 1. The van der Waals surface area contributed by atoms with Gasteiger partial charge in [0.2, 0.25) is 5.91 Å². The van der Waals surface area contributed by atoms with Crippen LogP contribution in [-0.4, -0.2) is 59.4 Å². The Morgan fingerprint density at radius 2 is 1.62 bits per heavy atom. The first-order valence-electron chi connectivity index (χ1n) is 11.9. The lowest BCUT2D eigenvalue weighted by atomic mass is 9.94. The van der Waals surface area contributed by atoms with Gasteiger partial charge in [0.1, 0.15) is 17.8 Å². The molecule has 34 heavy (non-hydrogen) atoms. The second-order valence-electron chi connectivity index (χ2n) is 9.89. The van der Waals surface area contributed by atoms with Gasteiger partial charge in [0.25, 0.3) is 0 Å². The molecule has 0 spiro atoms. The monoisotopic (exact) mass is 480 g/mol. The lowest BCUT2D eigenvalue weighted by Gasteiger charge is -2.26. The number of anilines is 1.